The second-order valence-corrected chi connectivity index (χ2v) is 6.72. The topological polar surface area (TPSA) is 68.7 Å². The zero-order valence-corrected chi connectivity index (χ0v) is 16.2. The van der Waals surface area contributed by atoms with Gasteiger partial charge in [-0.25, -0.2) is 9.78 Å². The van der Waals surface area contributed by atoms with Crippen molar-refractivity contribution in [3.63, 3.8) is 0 Å². The van der Waals surface area contributed by atoms with Crippen LogP contribution in [0.5, 0.6) is 5.75 Å². The van der Waals surface area contributed by atoms with Crippen molar-refractivity contribution in [3.05, 3.63) is 45.9 Å². The molecule has 0 spiro atoms. The van der Waals surface area contributed by atoms with E-state index in [4.69, 9.17) is 4.74 Å². The van der Waals surface area contributed by atoms with Crippen molar-refractivity contribution in [2.75, 3.05) is 20.8 Å². The van der Waals surface area contributed by atoms with Gasteiger partial charge in [-0.3, -0.25) is 4.79 Å². The summed E-state index contributed by atoms with van der Waals surface area (Å²) in [4.78, 5) is 30.5. The molecule has 0 atom stereocenters. The van der Waals surface area contributed by atoms with Gasteiger partial charge < -0.3 is 14.4 Å². The minimum Gasteiger partial charge on any atom is -0.497 e. The Hall–Kier alpha value is -2.41. The standard InChI is InChI=1S/C19H24N2O4S/c1-4-5-6-11-21(12-17-20-16(13-26-17)19(23)25-3)18(22)14-7-9-15(24-2)10-8-14/h7-10,13H,4-6,11-12H2,1-3H3. The number of benzene rings is 1. The Kier molecular flexibility index (Phi) is 7.59. The summed E-state index contributed by atoms with van der Waals surface area (Å²) in [5, 5.41) is 2.37. The molecule has 0 saturated heterocycles. The molecule has 0 aliphatic carbocycles. The van der Waals surface area contributed by atoms with E-state index in [2.05, 4.69) is 16.6 Å². The maximum absolute atomic E-state index is 12.9. The van der Waals surface area contributed by atoms with Crippen LogP contribution in [-0.2, 0) is 11.3 Å². The number of rotatable bonds is 9. The van der Waals surface area contributed by atoms with Crippen molar-refractivity contribution < 1.29 is 19.1 Å². The zero-order chi connectivity index (χ0) is 18.9. The Morgan fingerprint density at radius 1 is 1.15 bits per heavy atom. The van der Waals surface area contributed by atoms with Crippen molar-refractivity contribution in [2.24, 2.45) is 0 Å². The molecule has 0 aliphatic rings. The summed E-state index contributed by atoms with van der Waals surface area (Å²) in [6.45, 7) is 3.14. The number of esters is 1. The van der Waals surface area contributed by atoms with Gasteiger partial charge in [0.2, 0.25) is 0 Å². The maximum atomic E-state index is 12.9. The quantitative estimate of drug-likeness (QED) is 0.492. The Morgan fingerprint density at radius 3 is 2.50 bits per heavy atom. The number of unbranched alkanes of at least 4 members (excludes halogenated alkanes) is 2. The van der Waals surface area contributed by atoms with Gasteiger partial charge in [0.05, 0.1) is 20.8 Å². The highest BCUT2D eigenvalue weighted by atomic mass is 32.1. The van der Waals surface area contributed by atoms with Gasteiger partial charge in [-0.15, -0.1) is 11.3 Å². The van der Waals surface area contributed by atoms with Crippen LogP contribution < -0.4 is 4.74 Å². The van der Waals surface area contributed by atoms with E-state index in [0.29, 0.717) is 29.4 Å². The molecule has 2 aromatic rings. The molecule has 0 radical (unpaired) electrons. The predicted molar refractivity (Wildman–Crippen MR) is 101 cm³/mol. The van der Waals surface area contributed by atoms with Crippen LogP contribution >= 0.6 is 11.3 Å². The van der Waals surface area contributed by atoms with Crippen molar-refractivity contribution in [1.82, 2.24) is 9.88 Å². The maximum Gasteiger partial charge on any atom is 0.357 e. The van der Waals surface area contributed by atoms with E-state index >= 15 is 0 Å². The molecule has 2 rings (SSSR count). The van der Waals surface area contributed by atoms with Crippen LogP contribution in [0.15, 0.2) is 29.6 Å². The van der Waals surface area contributed by atoms with E-state index in [-0.39, 0.29) is 11.6 Å². The fraction of sp³-hybridized carbons (Fsp3) is 0.421. The molecule has 140 valence electrons. The number of hydrogen-bond donors (Lipinski definition) is 0. The first-order valence-corrected chi connectivity index (χ1v) is 9.43. The lowest BCUT2D eigenvalue weighted by molar-refractivity contribution is 0.0594. The fourth-order valence-electron chi connectivity index (χ4n) is 2.47. The Bertz CT molecular complexity index is 727. The molecule has 0 aliphatic heterocycles. The third-order valence-corrected chi connectivity index (χ3v) is 4.76. The summed E-state index contributed by atoms with van der Waals surface area (Å²) < 4.78 is 9.83. The van der Waals surface area contributed by atoms with Crippen LogP contribution in [0.4, 0.5) is 0 Å². The number of nitrogens with zero attached hydrogens (tertiary/aromatic N) is 2. The van der Waals surface area contributed by atoms with Gasteiger partial charge in [0.1, 0.15) is 10.8 Å². The van der Waals surface area contributed by atoms with Crippen LogP contribution in [0.1, 0.15) is 52.0 Å². The van der Waals surface area contributed by atoms with E-state index in [1.807, 2.05) is 0 Å². The molecule has 1 aromatic carbocycles. The third kappa shape index (κ3) is 5.29. The summed E-state index contributed by atoms with van der Waals surface area (Å²) in [5.74, 6) is 0.187. The first-order valence-electron chi connectivity index (χ1n) is 8.55. The van der Waals surface area contributed by atoms with Crippen molar-refractivity contribution in [3.8, 4) is 5.75 Å². The lowest BCUT2D eigenvalue weighted by Gasteiger charge is -2.22. The number of ether oxygens (including phenoxy) is 2. The summed E-state index contributed by atoms with van der Waals surface area (Å²) in [6, 6.07) is 7.07. The number of methoxy groups -OCH3 is 2. The van der Waals surface area contributed by atoms with Crippen LogP contribution in [0.2, 0.25) is 0 Å². The highest BCUT2D eigenvalue weighted by Crippen LogP contribution is 2.18. The first-order chi connectivity index (χ1) is 12.6. The molecule has 0 unspecified atom stereocenters. The first kappa shape index (κ1) is 19.9. The number of carbonyl (C=O) groups is 2. The number of hydrogen-bond acceptors (Lipinski definition) is 6. The lowest BCUT2D eigenvalue weighted by atomic mass is 10.1. The van der Waals surface area contributed by atoms with Crippen molar-refractivity contribution in [2.45, 2.75) is 32.7 Å². The highest BCUT2D eigenvalue weighted by molar-refractivity contribution is 7.09. The Labute approximate surface area is 157 Å². The molecule has 0 bridgehead atoms. The van der Waals surface area contributed by atoms with Gasteiger partial charge in [-0.2, -0.15) is 0 Å². The van der Waals surface area contributed by atoms with Gasteiger partial charge in [0.15, 0.2) is 5.69 Å². The third-order valence-electron chi connectivity index (χ3n) is 3.93. The molecular weight excluding hydrogens is 352 g/mol. The minimum absolute atomic E-state index is 0.0569. The molecular formula is C19H24N2O4S. The SMILES string of the molecule is CCCCCN(Cc1nc(C(=O)OC)cs1)C(=O)c1ccc(OC)cc1. The van der Waals surface area contributed by atoms with Crippen molar-refractivity contribution in [1.29, 1.82) is 0 Å². The highest BCUT2D eigenvalue weighted by Gasteiger charge is 2.19. The number of carbonyl (C=O) groups excluding carboxylic acids is 2. The zero-order valence-electron chi connectivity index (χ0n) is 15.4. The monoisotopic (exact) mass is 376 g/mol. The minimum atomic E-state index is -0.466. The van der Waals surface area contributed by atoms with E-state index < -0.39 is 5.97 Å². The number of amides is 1. The predicted octanol–water partition coefficient (Wildman–Crippen LogP) is 3.77. The molecule has 7 heteroatoms. The summed E-state index contributed by atoms with van der Waals surface area (Å²) in [7, 11) is 2.92. The van der Waals surface area contributed by atoms with Crippen LogP contribution in [0.3, 0.4) is 0 Å². The average molecular weight is 376 g/mol. The van der Waals surface area contributed by atoms with Crippen LogP contribution in [0.25, 0.3) is 0 Å². The Balaban J connectivity index is 2.14. The van der Waals surface area contributed by atoms with Gasteiger partial charge >= 0.3 is 5.97 Å². The van der Waals surface area contributed by atoms with Crippen LogP contribution in [-0.4, -0.2) is 42.5 Å². The van der Waals surface area contributed by atoms with Gasteiger partial charge in [0, 0.05) is 17.5 Å². The molecule has 0 N–H and O–H groups in total. The fourth-order valence-corrected chi connectivity index (χ4v) is 3.24. The van der Waals surface area contributed by atoms with Gasteiger partial charge in [0.25, 0.3) is 5.91 Å². The van der Waals surface area contributed by atoms with E-state index in [0.717, 1.165) is 19.3 Å². The van der Waals surface area contributed by atoms with Crippen LogP contribution in [0, 0.1) is 0 Å². The summed E-state index contributed by atoms with van der Waals surface area (Å²) >= 11 is 1.35. The smallest absolute Gasteiger partial charge is 0.357 e. The van der Waals surface area contributed by atoms with Crippen molar-refractivity contribution >= 4 is 23.2 Å². The molecule has 1 amide bonds. The van der Waals surface area contributed by atoms with Gasteiger partial charge in [-0.05, 0) is 30.7 Å². The molecule has 0 saturated carbocycles. The van der Waals surface area contributed by atoms with E-state index in [1.54, 1.807) is 41.7 Å². The second-order valence-electron chi connectivity index (χ2n) is 5.78. The largest absolute Gasteiger partial charge is 0.497 e. The lowest BCUT2D eigenvalue weighted by Crippen LogP contribution is -2.31. The molecule has 26 heavy (non-hydrogen) atoms. The summed E-state index contributed by atoms with van der Waals surface area (Å²) in [5.41, 5.74) is 0.880. The average Bonchev–Trinajstić information content (AvgIpc) is 3.15. The Morgan fingerprint density at radius 2 is 1.88 bits per heavy atom. The van der Waals surface area contributed by atoms with E-state index in [1.165, 1.54) is 18.4 Å². The molecule has 1 heterocycles. The number of aromatic nitrogens is 1. The second kappa shape index (κ2) is 9.91. The normalized spacial score (nSPS) is 10.4. The van der Waals surface area contributed by atoms with Gasteiger partial charge in [-0.1, -0.05) is 19.8 Å². The molecule has 1 aromatic heterocycles. The number of thiazole rings is 1. The van der Waals surface area contributed by atoms with E-state index in [9.17, 15) is 9.59 Å². The molecule has 0 fully saturated rings. The molecule has 6 nitrogen and oxygen atoms in total. The summed E-state index contributed by atoms with van der Waals surface area (Å²) in [6.07, 6.45) is 3.06.